The third kappa shape index (κ3) is 6.32. The molecule has 0 unspecified atom stereocenters. The molecule has 29 heavy (non-hydrogen) atoms. The molecule has 2 N–H and O–H groups in total. The number of benzene rings is 3. The molecule has 146 valence electrons. The summed E-state index contributed by atoms with van der Waals surface area (Å²) in [5.41, 5.74) is 5.64. The van der Waals surface area contributed by atoms with Gasteiger partial charge in [-0.05, 0) is 48.9 Å². The van der Waals surface area contributed by atoms with E-state index in [2.05, 4.69) is 15.8 Å². The van der Waals surface area contributed by atoms with E-state index in [1.165, 1.54) is 6.21 Å². The van der Waals surface area contributed by atoms with E-state index >= 15 is 0 Å². The second-order valence-electron chi connectivity index (χ2n) is 6.34. The Morgan fingerprint density at radius 2 is 1.72 bits per heavy atom. The summed E-state index contributed by atoms with van der Waals surface area (Å²) in [6, 6.07) is 23.4. The number of hydrogen-bond donors (Lipinski definition) is 2. The van der Waals surface area contributed by atoms with Crippen LogP contribution in [0.5, 0.6) is 5.75 Å². The first kappa shape index (κ1) is 19.8. The molecule has 0 saturated carbocycles. The van der Waals surface area contributed by atoms with E-state index in [1.807, 2.05) is 37.3 Å². The van der Waals surface area contributed by atoms with Gasteiger partial charge in [0.2, 0.25) is 0 Å². The number of hydrazone groups is 1. The molecular formula is C23H21N3O3. The molecule has 6 heteroatoms. The molecule has 0 aliphatic carbocycles. The Bertz CT molecular complexity index is 999. The standard InChI is InChI=1S/C23H21N3O3/c1-17-10-12-20(13-11-17)24-16-22(27)26-25-15-18-6-5-9-21(14-18)29-23(28)19-7-3-2-4-8-19/h2-15,24H,16H2,1H3,(H,26,27). The normalized spacial score (nSPS) is 10.5. The molecule has 0 heterocycles. The van der Waals surface area contributed by atoms with E-state index in [-0.39, 0.29) is 12.5 Å². The van der Waals surface area contributed by atoms with Gasteiger partial charge in [-0.2, -0.15) is 5.10 Å². The monoisotopic (exact) mass is 387 g/mol. The zero-order valence-electron chi connectivity index (χ0n) is 16.0. The fraction of sp³-hybridized carbons (Fsp3) is 0.0870. The number of nitrogens with one attached hydrogen (secondary N) is 2. The molecule has 3 aromatic carbocycles. The van der Waals surface area contributed by atoms with Gasteiger partial charge in [-0.1, -0.05) is 48.0 Å². The van der Waals surface area contributed by atoms with Crippen LogP contribution >= 0.6 is 0 Å². The lowest BCUT2D eigenvalue weighted by molar-refractivity contribution is -0.119. The number of carbonyl (C=O) groups excluding carboxylic acids is 2. The van der Waals surface area contributed by atoms with Crippen molar-refractivity contribution in [3.63, 3.8) is 0 Å². The lowest BCUT2D eigenvalue weighted by Gasteiger charge is -2.06. The second-order valence-corrected chi connectivity index (χ2v) is 6.34. The quantitative estimate of drug-likeness (QED) is 0.280. The number of aryl methyl sites for hydroxylation is 1. The maximum atomic E-state index is 12.1. The number of anilines is 1. The molecule has 3 rings (SSSR count). The Balaban J connectivity index is 1.50. The third-order valence-corrected chi connectivity index (χ3v) is 3.99. The van der Waals surface area contributed by atoms with Crippen LogP contribution in [0.25, 0.3) is 0 Å². The van der Waals surface area contributed by atoms with Crippen molar-refractivity contribution >= 4 is 23.8 Å². The predicted octanol–water partition coefficient (Wildman–Crippen LogP) is 3.78. The first-order valence-electron chi connectivity index (χ1n) is 9.10. The molecule has 1 amide bonds. The summed E-state index contributed by atoms with van der Waals surface area (Å²) in [5, 5.41) is 6.96. The molecule has 3 aromatic rings. The van der Waals surface area contributed by atoms with Crippen LogP contribution in [0.2, 0.25) is 0 Å². The van der Waals surface area contributed by atoms with Gasteiger partial charge in [0.05, 0.1) is 18.3 Å². The molecule has 0 atom stereocenters. The van der Waals surface area contributed by atoms with Crippen LogP contribution in [0.4, 0.5) is 5.69 Å². The maximum Gasteiger partial charge on any atom is 0.343 e. The Morgan fingerprint density at radius 3 is 2.48 bits per heavy atom. The van der Waals surface area contributed by atoms with Crippen molar-refractivity contribution in [3.8, 4) is 5.75 Å². The SMILES string of the molecule is Cc1ccc(NCC(=O)NN=Cc2cccc(OC(=O)c3ccccc3)c2)cc1. The van der Waals surface area contributed by atoms with Gasteiger partial charge in [0.15, 0.2) is 0 Å². The molecule has 0 fully saturated rings. The number of rotatable bonds is 7. The molecule has 6 nitrogen and oxygen atoms in total. The zero-order valence-corrected chi connectivity index (χ0v) is 16.0. The first-order valence-corrected chi connectivity index (χ1v) is 9.10. The summed E-state index contributed by atoms with van der Waals surface area (Å²) < 4.78 is 5.37. The van der Waals surface area contributed by atoms with Crippen molar-refractivity contribution in [2.45, 2.75) is 6.92 Å². The summed E-state index contributed by atoms with van der Waals surface area (Å²) >= 11 is 0. The van der Waals surface area contributed by atoms with Crippen LogP contribution in [-0.4, -0.2) is 24.6 Å². The second kappa shape index (κ2) is 9.85. The van der Waals surface area contributed by atoms with E-state index in [0.717, 1.165) is 11.3 Å². The summed E-state index contributed by atoms with van der Waals surface area (Å²) in [6.07, 6.45) is 1.49. The minimum absolute atomic E-state index is 0.106. The van der Waals surface area contributed by atoms with Crippen molar-refractivity contribution in [1.82, 2.24) is 5.43 Å². The van der Waals surface area contributed by atoms with Crippen LogP contribution in [0.1, 0.15) is 21.5 Å². The maximum absolute atomic E-state index is 12.1. The van der Waals surface area contributed by atoms with Gasteiger partial charge >= 0.3 is 5.97 Å². The van der Waals surface area contributed by atoms with Crippen LogP contribution in [0, 0.1) is 6.92 Å². The highest BCUT2D eigenvalue weighted by molar-refractivity contribution is 5.91. The highest BCUT2D eigenvalue weighted by Gasteiger charge is 2.07. The fourth-order valence-corrected chi connectivity index (χ4v) is 2.47. The van der Waals surface area contributed by atoms with Crippen molar-refractivity contribution in [2.75, 3.05) is 11.9 Å². The third-order valence-electron chi connectivity index (χ3n) is 3.99. The van der Waals surface area contributed by atoms with Gasteiger partial charge in [-0.25, -0.2) is 10.2 Å². The number of amides is 1. The number of nitrogens with zero attached hydrogens (tertiary/aromatic N) is 1. The van der Waals surface area contributed by atoms with Crippen LogP contribution in [-0.2, 0) is 4.79 Å². The molecule has 0 radical (unpaired) electrons. The minimum Gasteiger partial charge on any atom is -0.423 e. The van der Waals surface area contributed by atoms with Gasteiger partial charge in [0, 0.05) is 5.69 Å². The Labute approximate surface area is 169 Å². The van der Waals surface area contributed by atoms with Crippen molar-refractivity contribution < 1.29 is 14.3 Å². The lowest BCUT2D eigenvalue weighted by Crippen LogP contribution is -2.25. The van der Waals surface area contributed by atoms with E-state index < -0.39 is 5.97 Å². The molecule has 0 saturated heterocycles. The molecule has 0 spiro atoms. The number of esters is 1. The van der Waals surface area contributed by atoms with Crippen LogP contribution in [0.3, 0.4) is 0 Å². The number of ether oxygens (including phenoxy) is 1. The average molecular weight is 387 g/mol. The van der Waals surface area contributed by atoms with E-state index in [9.17, 15) is 9.59 Å². The van der Waals surface area contributed by atoms with Gasteiger partial charge in [0.25, 0.3) is 5.91 Å². The molecule has 0 bridgehead atoms. The molecule has 0 aromatic heterocycles. The summed E-state index contributed by atoms with van der Waals surface area (Å²) in [5.74, 6) is -0.307. The molecular weight excluding hydrogens is 366 g/mol. The predicted molar refractivity (Wildman–Crippen MR) is 113 cm³/mol. The molecule has 0 aliphatic heterocycles. The van der Waals surface area contributed by atoms with Crippen LogP contribution in [0.15, 0.2) is 84.0 Å². The van der Waals surface area contributed by atoms with Crippen LogP contribution < -0.4 is 15.5 Å². The minimum atomic E-state index is -0.435. The summed E-state index contributed by atoms with van der Waals surface area (Å²) in [6.45, 7) is 2.11. The van der Waals surface area contributed by atoms with E-state index in [4.69, 9.17) is 4.74 Å². The van der Waals surface area contributed by atoms with E-state index in [0.29, 0.717) is 16.9 Å². The Morgan fingerprint density at radius 1 is 0.966 bits per heavy atom. The highest BCUT2D eigenvalue weighted by atomic mass is 16.5. The zero-order chi connectivity index (χ0) is 20.5. The summed E-state index contributed by atoms with van der Waals surface area (Å²) in [7, 11) is 0. The van der Waals surface area contributed by atoms with Gasteiger partial charge < -0.3 is 10.1 Å². The van der Waals surface area contributed by atoms with E-state index in [1.54, 1.807) is 48.5 Å². The largest absolute Gasteiger partial charge is 0.423 e. The first-order chi connectivity index (χ1) is 14.1. The molecule has 0 aliphatic rings. The Hall–Kier alpha value is -3.93. The summed E-state index contributed by atoms with van der Waals surface area (Å²) in [4.78, 5) is 24.0. The lowest BCUT2D eigenvalue weighted by atomic mass is 10.2. The van der Waals surface area contributed by atoms with Crippen molar-refractivity contribution in [3.05, 3.63) is 95.6 Å². The number of hydrogen-bond acceptors (Lipinski definition) is 5. The number of carbonyl (C=O) groups is 2. The fourth-order valence-electron chi connectivity index (χ4n) is 2.47. The average Bonchev–Trinajstić information content (AvgIpc) is 2.74. The smallest absolute Gasteiger partial charge is 0.343 e. The van der Waals surface area contributed by atoms with Gasteiger partial charge in [0.1, 0.15) is 5.75 Å². The Kier molecular flexibility index (Phi) is 6.73. The topological polar surface area (TPSA) is 79.8 Å². The van der Waals surface area contributed by atoms with Crippen molar-refractivity contribution in [1.29, 1.82) is 0 Å². The van der Waals surface area contributed by atoms with Crippen molar-refractivity contribution in [2.24, 2.45) is 5.10 Å². The highest BCUT2D eigenvalue weighted by Crippen LogP contribution is 2.14. The van der Waals surface area contributed by atoms with Gasteiger partial charge in [-0.3, -0.25) is 4.79 Å². The van der Waals surface area contributed by atoms with Gasteiger partial charge in [-0.15, -0.1) is 0 Å².